The van der Waals surface area contributed by atoms with Crippen LogP contribution in [0.4, 0.5) is 17.6 Å². The first-order valence-corrected chi connectivity index (χ1v) is 6.62. The second kappa shape index (κ2) is 5.67. The van der Waals surface area contributed by atoms with Gasteiger partial charge in [-0.3, -0.25) is 0 Å². The number of rotatable bonds is 4. The average molecular weight is 333 g/mol. The monoisotopic (exact) mass is 333 g/mol. The maximum absolute atomic E-state index is 13.2. The summed E-state index contributed by atoms with van der Waals surface area (Å²) in [6.45, 7) is 4.70. The van der Waals surface area contributed by atoms with Crippen molar-refractivity contribution in [3.63, 3.8) is 0 Å². The van der Waals surface area contributed by atoms with E-state index in [2.05, 4.69) is 17.0 Å². The summed E-state index contributed by atoms with van der Waals surface area (Å²) in [5.74, 6) is -3.18. The third-order valence-corrected chi connectivity index (χ3v) is 3.63. The summed E-state index contributed by atoms with van der Waals surface area (Å²) >= 11 is 0. The van der Waals surface area contributed by atoms with E-state index in [0.29, 0.717) is 0 Å². The van der Waals surface area contributed by atoms with Gasteiger partial charge in [0.05, 0.1) is 17.3 Å². The molecule has 126 valence electrons. The van der Waals surface area contributed by atoms with Crippen molar-refractivity contribution in [3.05, 3.63) is 40.2 Å². The first-order chi connectivity index (χ1) is 10.5. The van der Waals surface area contributed by atoms with E-state index in [-0.39, 0.29) is 23.4 Å². The molecule has 10 heteroatoms. The molecule has 0 spiro atoms. The fraction of sp³-hybridized carbons (Fsp3) is 0.462. The van der Waals surface area contributed by atoms with Crippen LogP contribution in [-0.2, 0) is 7.05 Å². The van der Waals surface area contributed by atoms with E-state index in [1.807, 2.05) is 0 Å². The number of halogens is 4. The Kier molecular flexibility index (Phi) is 4.18. The van der Waals surface area contributed by atoms with Crippen LogP contribution in [0, 0.1) is 11.8 Å². The molecule has 0 radical (unpaired) electrons. The van der Waals surface area contributed by atoms with Gasteiger partial charge in [0.15, 0.2) is 0 Å². The molecule has 2 atom stereocenters. The highest BCUT2D eigenvalue weighted by Gasteiger charge is 2.57. The molecule has 6 nitrogen and oxygen atoms in total. The van der Waals surface area contributed by atoms with Crippen molar-refractivity contribution in [1.82, 2.24) is 19.8 Å². The molecule has 1 fully saturated rings. The lowest BCUT2D eigenvalue weighted by molar-refractivity contribution is -0.149. The molecule has 2 rings (SSSR count). The largest absolute Gasteiger partial charge is 0.397 e. The number of aryl methyl sites for hydroxylation is 1. The van der Waals surface area contributed by atoms with Crippen LogP contribution in [-0.4, -0.2) is 26.0 Å². The van der Waals surface area contributed by atoms with E-state index >= 15 is 0 Å². The average Bonchev–Trinajstić information content (AvgIpc) is 3.19. The number of nitrogens with zero attached hydrogens (tertiary/aromatic N) is 4. The van der Waals surface area contributed by atoms with Crippen molar-refractivity contribution in [2.45, 2.75) is 19.5 Å². The normalized spacial score (nSPS) is 22.8. The summed E-state index contributed by atoms with van der Waals surface area (Å²) in [6.07, 6.45) is -3.46. The molecule has 0 saturated heterocycles. The first kappa shape index (κ1) is 17.0. The first-order valence-electron chi connectivity index (χ1n) is 6.62. The van der Waals surface area contributed by atoms with Crippen molar-refractivity contribution in [2.75, 3.05) is 0 Å². The second-order valence-electron chi connectivity index (χ2n) is 5.33. The highest BCUT2D eigenvalue weighted by molar-refractivity contribution is 5.67. The molecule has 1 aromatic rings. The van der Waals surface area contributed by atoms with Gasteiger partial charge in [0.25, 0.3) is 0 Å². The van der Waals surface area contributed by atoms with Crippen LogP contribution >= 0.6 is 0 Å². The molecule has 0 aliphatic heterocycles. The summed E-state index contributed by atoms with van der Waals surface area (Å²) in [7, 11) is 1.32. The zero-order chi connectivity index (χ0) is 17.5. The van der Waals surface area contributed by atoms with E-state index in [4.69, 9.17) is 5.73 Å². The van der Waals surface area contributed by atoms with Gasteiger partial charge in [-0.2, -0.15) is 22.5 Å². The van der Waals surface area contributed by atoms with Gasteiger partial charge in [0.1, 0.15) is 5.83 Å². The van der Waals surface area contributed by atoms with E-state index in [1.165, 1.54) is 7.05 Å². The Morgan fingerprint density at radius 2 is 2.04 bits per heavy atom. The molecule has 0 unspecified atom stereocenters. The number of nitrogens with two attached hydrogens (primary N) is 1. The molecule has 23 heavy (non-hydrogen) atoms. The minimum absolute atomic E-state index is 0.0131. The maximum atomic E-state index is 13.2. The topological polar surface area (TPSA) is 78.7 Å². The molecule has 1 aromatic heterocycles. The van der Waals surface area contributed by atoms with Crippen LogP contribution < -0.4 is 11.4 Å². The van der Waals surface area contributed by atoms with Crippen LogP contribution in [0.3, 0.4) is 0 Å². The summed E-state index contributed by atoms with van der Waals surface area (Å²) in [5.41, 5.74) is 4.36. The molecular weight excluding hydrogens is 318 g/mol. The molecule has 0 amide bonds. The Balaban J connectivity index is 2.44. The number of hydrogen-bond acceptors (Lipinski definition) is 4. The van der Waals surface area contributed by atoms with Gasteiger partial charge in [-0.25, -0.2) is 9.18 Å². The highest BCUT2D eigenvalue weighted by Crippen LogP contribution is 2.54. The lowest BCUT2D eigenvalue weighted by Crippen LogP contribution is -2.24. The molecular formula is C13H15F4N5O. The zero-order valence-corrected chi connectivity index (χ0v) is 12.4. The quantitative estimate of drug-likeness (QED) is 0.672. The Bertz CT molecular complexity index is 751. The van der Waals surface area contributed by atoms with Crippen molar-refractivity contribution < 1.29 is 17.6 Å². The minimum Gasteiger partial charge on any atom is -0.397 e. The molecule has 1 saturated carbocycles. The van der Waals surface area contributed by atoms with Crippen molar-refractivity contribution >= 4 is 5.70 Å². The fourth-order valence-electron chi connectivity index (χ4n) is 2.13. The Morgan fingerprint density at radius 3 is 2.43 bits per heavy atom. The van der Waals surface area contributed by atoms with Crippen LogP contribution in [0.25, 0.3) is 5.70 Å². The number of hydrogen-bond donors (Lipinski definition) is 1. The molecule has 1 aliphatic rings. The summed E-state index contributed by atoms with van der Waals surface area (Å²) < 4.78 is 53.0. The van der Waals surface area contributed by atoms with Gasteiger partial charge in [-0.15, -0.1) is 0 Å². The van der Waals surface area contributed by atoms with Gasteiger partial charge >= 0.3 is 11.9 Å². The highest BCUT2D eigenvalue weighted by atomic mass is 19.4. The van der Waals surface area contributed by atoms with E-state index in [9.17, 15) is 22.4 Å². The van der Waals surface area contributed by atoms with Gasteiger partial charge in [0.2, 0.25) is 0 Å². The van der Waals surface area contributed by atoms with Crippen LogP contribution in [0.2, 0.25) is 0 Å². The standard InChI is InChI=1S/C13H15F4N5O/c1-6(8-4-9(8)13(15,16)17)11(5-10(18)7(2)14)22-12(23)21(3)19-20-22/h5,8-9H,1,4,18H2,2-3H3/b10-7-,11-5+/t8-,9+/m1/s1. The Morgan fingerprint density at radius 1 is 1.43 bits per heavy atom. The van der Waals surface area contributed by atoms with E-state index in [0.717, 1.165) is 22.4 Å². The number of tetrazole rings is 1. The van der Waals surface area contributed by atoms with E-state index < -0.39 is 29.5 Å². The molecule has 2 N–H and O–H groups in total. The zero-order valence-electron chi connectivity index (χ0n) is 12.4. The molecule has 1 heterocycles. The predicted octanol–water partition coefficient (Wildman–Crippen LogP) is 1.73. The fourth-order valence-corrected chi connectivity index (χ4v) is 2.13. The smallest absolute Gasteiger partial charge is 0.392 e. The van der Waals surface area contributed by atoms with Crippen LogP contribution in [0.5, 0.6) is 0 Å². The van der Waals surface area contributed by atoms with Crippen LogP contribution in [0.15, 0.2) is 34.5 Å². The summed E-state index contributed by atoms with van der Waals surface area (Å²) in [4.78, 5) is 11.9. The summed E-state index contributed by atoms with van der Waals surface area (Å²) in [6, 6.07) is 0. The lowest BCUT2D eigenvalue weighted by Gasteiger charge is -2.11. The van der Waals surface area contributed by atoms with Crippen molar-refractivity contribution in [1.29, 1.82) is 0 Å². The van der Waals surface area contributed by atoms with Gasteiger partial charge < -0.3 is 5.73 Å². The molecule has 1 aliphatic carbocycles. The van der Waals surface area contributed by atoms with E-state index in [1.54, 1.807) is 0 Å². The lowest BCUT2D eigenvalue weighted by atomic mass is 10.1. The second-order valence-corrected chi connectivity index (χ2v) is 5.33. The van der Waals surface area contributed by atoms with Gasteiger partial charge in [-0.1, -0.05) is 6.58 Å². The Labute approximate surface area is 128 Å². The number of allylic oxidation sites excluding steroid dienone is 4. The molecule has 0 aromatic carbocycles. The van der Waals surface area contributed by atoms with Crippen molar-refractivity contribution in [2.24, 2.45) is 24.6 Å². The predicted molar refractivity (Wildman–Crippen MR) is 74.3 cm³/mol. The number of aromatic nitrogens is 4. The third kappa shape index (κ3) is 3.35. The molecule has 0 bridgehead atoms. The van der Waals surface area contributed by atoms with Crippen molar-refractivity contribution in [3.8, 4) is 0 Å². The number of alkyl halides is 3. The third-order valence-electron chi connectivity index (χ3n) is 3.63. The SMILES string of the molecule is C=C(/C(=C\C(N)=C(/C)F)n1nnn(C)c1=O)[C@H]1C[C@@H]1C(F)(F)F. The van der Waals surface area contributed by atoms with Gasteiger partial charge in [0, 0.05) is 7.05 Å². The van der Waals surface area contributed by atoms with Gasteiger partial charge in [-0.05, 0) is 41.3 Å². The minimum atomic E-state index is -4.36. The van der Waals surface area contributed by atoms with Crippen LogP contribution in [0.1, 0.15) is 13.3 Å². The summed E-state index contributed by atoms with van der Waals surface area (Å²) in [5, 5.41) is 7.03. The Hall–Kier alpha value is -2.39. The maximum Gasteiger partial charge on any atom is 0.392 e.